The van der Waals surface area contributed by atoms with E-state index in [-0.39, 0.29) is 0 Å². The molecule has 16 heavy (non-hydrogen) atoms. The highest BCUT2D eigenvalue weighted by Crippen LogP contribution is 2.33. The lowest BCUT2D eigenvalue weighted by molar-refractivity contribution is 0.627. The molecule has 0 fully saturated rings. The molecule has 2 N–H and O–H groups in total. The van der Waals surface area contributed by atoms with Gasteiger partial charge in [0.25, 0.3) is 0 Å². The van der Waals surface area contributed by atoms with Gasteiger partial charge in [0, 0.05) is 16.4 Å². The van der Waals surface area contributed by atoms with Crippen LogP contribution in [0.15, 0.2) is 22.8 Å². The first-order valence-corrected chi connectivity index (χ1v) is 5.66. The summed E-state index contributed by atoms with van der Waals surface area (Å²) in [7, 11) is 0. The Balaban J connectivity index is 2.34. The van der Waals surface area contributed by atoms with Crippen LogP contribution in [0.25, 0.3) is 0 Å². The van der Waals surface area contributed by atoms with Crippen molar-refractivity contribution in [3.63, 3.8) is 0 Å². The third-order valence-electron chi connectivity index (χ3n) is 1.95. The van der Waals surface area contributed by atoms with Gasteiger partial charge in [-0.15, -0.1) is 0 Å². The van der Waals surface area contributed by atoms with E-state index >= 15 is 0 Å². The molecular weight excluding hydrogens is 296 g/mol. The number of nitrogens with one attached hydrogen (secondary N) is 2. The van der Waals surface area contributed by atoms with E-state index in [0.29, 0.717) is 21.1 Å². The Kier molecular flexibility index (Phi) is 3.16. The molecular formula is C10H8BrClFN3. The SMILES string of the molecule is Cc1cnc(Nc2c(Cl)cc(F)cc2Br)[nH]1. The lowest BCUT2D eigenvalue weighted by Gasteiger charge is -2.08. The number of rotatable bonds is 2. The number of hydrogen-bond acceptors (Lipinski definition) is 2. The van der Waals surface area contributed by atoms with Crippen molar-refractivity contribution in [2.75, 3.05) is 5.32 Å². The summed E-state index contributed by atoms with van der Waals surface area (Å²) in [4.78, 5) is 7.07. The van der Waals surface area contributed by atoms with Crippen molar-refractivity contribution in [1.82, 2.24) is 9.97 Å². The Hall–Kier alpha value is -1.07. The fourth-order valence-corrected chi connectivity index (χ4v) is 2.16. The van der Waals surface area contributed by atoms with Gasteiger partial charge < -0.3 is 10.3 Å². The maximum absolute atomic E-state index is 13.0. The molecule has 3 nitrogen and oxygen atoms in total. The summed E-state index contributed by atoms with van der Waals surface area (Å²) < 4.78 is 13.5. The molecule has 0 unspecified atom stereocenters. The zero-order chi connectivity index (χ0) is 11.7. The van der Waals surface area contributed by atoms with Gasteiger partial charge >= 0.3 is 0 Å². The van der Waals surface area contributed by atoms with E-state index in [4.69, 9.17) is 11.6 Å². The van der Waals surface area contributed by atoms with Crippen molar-refractivity contribution in [3.8, 4) is 0 Å². The molecule has 0 bridgehead atoms. The summed E-state index contributed by atoms with van der Waals surface area (Å²) in [6, 6.07) is 2.58. The molecule has 0 saturated heterocycles. The first-order valence-electron chi connectivity index (χ1n) is 4.49. The number of hydrogen-bond donors (Lipinski definition) is 2. The fourth-order valence-electron chi connectivity index (χ4n) is 1.26. The van der Waals surface area contributed by atoms with Crippen molar-refractivity contribution in [2.24, 2.45) is 0 Å². The first-order chi connectivity index (χ1) is 7.56. The van der Waals surface area contributed by atoms with Gasteiger partial charge in [0.1, 0.15) is 5.82 Å². The molecule has 0 atom stereocenters. The number of aryl methyl sites for hydroxylation is 1. The molecule has 0 radical (unpaired) electrons. The van der Waals surface area contributed by atoms with Crippen LogP contribution in [0, 0.1) is 12.7 Å². The lowest BCUT2D eigenvalue weighted by atomic mass is 10.3. The molecule has 6 heteroatoms. The van der Waals surface area contributed by atoms with Gasteiger partial charge in [0.2, 0.25) is 5.95 Å². The van der Waals surface area contributed by atoms with E-state index in [1.807, 2.05) is 6.92 Å². The van der Waals surface area contributed by atoms with E-state index in [9.17, 15) is 4.39 Å². The smallest absolute Gasteiger partial charge is 0.204 e. The van der Waals surface area contributed by atoms with Crippen LogP contribution in [0.4, 0.5) is 16.0 Å². The third-order valence-corrected chi connectivity index (χ3v) is 2.88. The monoisotopic (exact) mass is 303 g/mol. The van der Waals surface area contributed by atoms with Crippen molar-refractivity contribution in [2.45, 2.75) is 6.92 Å². The number of aromatic nitrogens is 2. The predicted octanol–water partition coefficient (Wildman–Crippen LogP) is 4.02. The minimum atomic E-state index is -0.391. The lowest BCUT2D eigenvalue weighted by Crippen LogP contribution is -1.95. The maximum atomic E-state index is 13.0. The van der Waals surface area contributed by atoms with E-state index in [2.05, 4.69) is 31.2 Å². The molecule has 1 aromatic heterocycles. The van der Waals surface area contributed by atoms with Gasteiger partial charge in [-0.25, -0.2) is 9.37 Å². The standard InChI is InChI=1S/C10H8BrClFN3/c1-5-4-14-10(15-5)16-9-7(11)2-6(13)3-8(9)12/h2-4H,1H3,(H2,14,15,16). The summed E-state index contributed by atoms with van der Waals surface area (Å²) >= 11 is 9.15. The second-order valence-corrected chi connectivity index (χ2v) is 4.55. The average Bonchev–Trinajstić information content (AvgIpc) is 2.58. The van der Waals surface area contributed by atoms with Crippen molar-refractivity contribution >= 4 is 39.2 Å². The second-order valence-electron chi connectivity index (χ2n) is 3.28. The summed E-state index contributed by atoms with van der Waals surface area (Å²) in [5, 5.41) is 3.27. The van der Waals surface area contributed by atoms with Crippen LogP contribution in [0.1, 0.15) is 5.69 Å². The van der Waals surface area contributed by atoms with E-state index in [0.717, 1.165) is 5.69 Å². The Morgan fingerprint density at radius 2 is 2.25 bits per heavy atom. The normalized spacial score (nSPS) is 10.5. The predicted molar refractivity (Wildman–Crippen MR) is 65.7 cm³/mol. The highest BCUT2D eigenvalue weighted by atomic mass is 79.9. The van der Waals surface area contributed by atoms with Crippen molar-refractivity contribution < 1.29 is 4.39 Å². The summed E-state index contributed by atoms with van der Waals surface area (Å²) in [5.41, 5.74) is 1.51. The van der Waals surface area contributed by atoms with Gasteiger partial charge in [0.15, 0.2) is 0 Å². The molecule has 0 aliphatic heterocycles. The minimum absolute atomic E-state index is 0.293. The molecule has 84 valence electrons. The third kappa shape index (κ3) is 2.36. The fraction of sp³-hybridized carbons (Fsp3) is 0.100. The highest BCUT2D eigenvalue weighted by molar-refractivity contribution is 9.10. The van der Waals surface area contributed by atoms with Crippen LogP contribution in [0.3, 0.4) is 0 Å². The van der Waals surface area contributed by atoms with Gasteiger partial charge in [0.05, 0.1) is 10.7 Å². The molecule has 0 aliphatic carbocycles. The van der Waals surface area contributed by atoms with E-state index in [1.165, 1.54) is 12.1 Å². The van der Waals surface area contributed by atoms with Gasteiger partial charge in [-0.2, -0.15) is 0 Å². The largest absolute Gasteiger partial charge is 0.328 e. The molecule has 2 rings (SSSR count). The number of halogens is 3. The van der Waals surface area contributed by atoms with Crippen molar-refractivity contribution in [1.29, 1.82) is 0 Å². The highest BCUT2D eigenvalue weighted by Gasteiger charge is 2.09. The Morgan fingerprint density at radius 1 is 1.50 bits per heavy atom. The van der Waals surface area contributed by atoms with Crippen LogP contribution < -0.4 is 5.32 Å². The number of nitrogens with zero attached hydrogens (tertiary/aromatic N) is 1. The quantitative estimate of drug-likeness (QED) is 0.880. The van der Waals surface area contributed by atoms with Crippen molar-refractivity contribution in [3.05, 3.63) is 39.3 Å². The second kappa shape index (κ2) is 4.43. The van der Waals surface area contributed by atoms with Crippen LogP contribution in [-0.4, -0.2) is 9.97 Å². The number of imidazole rings is 1. The topological polar surface area (TPSA) is 40.7 Å². The van der Waals surface area contributed by atoms with Crippen LogP contribution in [0.5, 0.6) is 0 Å². The van der Waals surface area contributed by atoms with Crippen LogP contribution in [0.2, 0.25) is 5.02 Å². The number of aromatic amines is 1. The molecule has 2 aromatic rings. The molecule has 0 saturated carbocycles. The average molecular weight is 305 g/mol. The Morgan fingerprint density at radius 3 is 2.81 bits per heavy atom. The summed E-state index contributed by atoms with van der Waals surface area (Å²) in [6.45, 7) is 1.89. The van der Waals surface area contributed by atoms with Crippen LogP contribution >= 0.6 is 27.5 Å². The van der Waals surface area contributed by atoms with Crippen LogP contribution in [-0.2, 0) is 0 Å². The number of benzene rings is 1. The minimum Gasteiger partial charge on any atom is -0.328 e. The first kappa shape index (κ1) is 11.4. The summed E-state index contributed by atoms with van der Waals surface area (Å²) in [6.07, 6.45) is 1.69. The molecule has 0 aliphatic rings. The maximum Gasteiger partial charge on any atom is 0.204 e. The Labute approximate surface area is 105 Å². The van der Waals surface area contributed by atoms with Gasteiger partial charge in [-0.1, -0.05) is 11.6 Å². The zero-order valence-electron chi connectivity index (χ0n) is 8.31. The Bertz CT molecular complexity index is 504. The van der Waals surface area contributed by atoms with Gasteiger partial charge in [-0.3, -0.25) is 0 Å². The van der Waals surface area contributed by atoms with E-state index in [1.54, 1.807) is 6.20 Å². The molecule has 0 spiro atoms. The van der Waals surface area contributed by atoms with E-state index < -0.39 is 5.82 Å². The zero-order valence-corrected chi connectivity index (χ0v) is 10.7. The molecule has 0 amide bonds. The number of anilines is 2. The molecule has 1 heterocycles. The van der Waals surface area contributed by atoms with Gasteiger partial charge in [-0.05, 0) is 35.0 Å². The summed E-state index contributed by atoms with van der Waals surface area (Å²) in [5.74, 6) is 0.171. The molecule has 1 aromatic carbocycles. The number of H-pyrrole nitrogens is 1.